The summed E-state index contributed by atoms with van der Waals surface area (Å²) in [7, 11) is 1.78. The molecule has 5 heteroatoms. The summed E-state index contributed by atoms with van der Waals surface area (Å²) < 4.78 is 37.6. The number of nitrogens with two attached hydrogens (primary N) is 1. The minimum atomic E-state index is -4.28. The third-order valence-corrected chi connectivity index (χ3v) is 3.07. The molecule has 0 saturated carbocycles. The van der Waals surface area contributed by atoms with E-state index in [1.807, 2.05) is 4.90 Å². The van der Waals surface area contributed by atoms with E-state index in [0.717, 1.165) is 18.1 Å². The molecule has 0 radical (unpaired) electrons. The van der Waals surface area contributed by atoms with Gasteiger partial charge in [-0.1, -0.05) is 6.07 Å². The zero-order valence-corrected chi connectivity index (χ0v) is 8.88. The van der Waals surface area contributed by atoms with Crippen LogP contribution in [0.3, 0.4) is 0 Å². The van der Waals surface area contributed by atoms with Crippen LogP contribution in [0.4, 0.5) is 18.9 Å². The number of halogens is 3. The number of alkyl halides is 3. The van der Waals surface area contributed by atoms with E-state index in [0.29, 0.717) is 12.2 Å². The van der Waals surface area contributed by atoms with E-state index in [4.69, 9.17) is 5.73 Å². The van der Waals surface area contributed by atoms with Crippen molar-refractivity contribution in [1.82, 2.24) is 0 Å². The number of fused-ring (bicyclic) bond motifs is 1. The molecular formula is C11H13F3N2. The van der Waals surface area contributed by atoms with Crippen LogP contribution in [0.15, 0.2) is 18.2 Å². The highest BCUT2D eigenvalue weighted by molar-refractivity contribution is 5.60. The van der Waals surface area contributed by atoms with Crippen molar-refractivity contribution in [2.45, 2.75) is 18.6 Å². The van der Waals surface area contributed by atoms with Crippen molar-refractivity contribution in [1.29, 1.82) is 0 Å². The van der Waals surface area contributed by atoms with Gasteiger partial charge < -0.3 is 10.6 Å². The molecule has 1 aliphatic heterocycles. The first-order chi connectivity index (χ1) is 7.43. The first kappa shape index (κ1) is 11.3. The maximum atomic E-state index is 12.5. The fourth-order valence-electron chi connectivity index (χ4n) is 2.07. The molecule has 16 heavy (non-hydrogen) atoms. The zero-order valence-electron chi connectivity index (χ0n) is 8.88. The molecule has 0 saturated heterocycles. The number of hydrogen-bond donors (Lipinski definition) is 1. The average Bonchev–Trinajstić information content (AvgIpc) is 2.54. The van der Waals surface area contributed by atoms with Crippen LogP contribution >= 0.6 is 0 Å². The first-order valence-corrected chi connectivity index (χ1v) is 5.06. The Kier molecular flexibility index (Phi) is 2.58. The standard InChI is InChI=1S/C11H13F3N2/c1-16-9(6-15)4-7-2-3-8(5-10(7)16)11(12,13)14/h2-3,5,9H,4,6,15H2,1H3. The first-order valence-electron chi connectivity index (χ1n) is 5.06. The van der Waals surface area contributed by atoms with Crippen molar-refractivity contribution in [3.8, 4) is 0 Å². The molecule has 0 spiro atoms. The normalized spacial score (nSPS) is 20.1. The minimum Gasteiger partial charge on any atom is -0.370 e. The molecule has 0 bridgehead atoms. The van der Waals surface area contributed by atoms with E-state index in [1.54, 1.807) is 13.1 Å². The maximum Gasteiger partial charge on any atom is 0.416 e. The maximum absolute atomic E-state index is 12.5. The third kappa shape index (κ3) is 1.75. The van der Waals surface area contributed by atoms with Gasteiger partial charge in [-0.2, -0.15) is 13.2 Å². The summed E-state index contributed by atoms with van der Waals surface area (Å²) in [6, 6.07) is 3.99. The number of rotatable bonds is 1. The highest BCUT2D eigenvalue weighted by atomic mass is 19.4. The lowest BCUT2D eigenvalue weighted by Crippen LogP contribution is -2.34. The van der Waals surface area contributed by atoms with E-state index in [-0.39, 0.29) is 6.04 Å². The fraction of sp³-hybridized carbons (Fsp3) is 0.455. The van der Waals surface area contributed by atoms with Crippen LogP contribution < -0.4 is 10.6 Å². The molecule has 1 heterocycles. The predicted octanol–water partition coefficient (Wildman–Crippen LogP) is 2.02. The van der Waals surface area contributed by atoms with Crippen LogP contribution in [0.25, 0.3) is 0 Å². The topological polar surface area (TPSA) is 29.3 Å². The van der Waals surface area contributed by atoms with Gasteiger partial charge in [0.1, 0.15) is 0 Å². The van der Waals surface area contributed by atoms with Gasteiger partial charge in [-0.3, -0.25) is 0 Å². The Hall–Kier alpha value is -1.23. The van der Waals surface area contributed by atoms with Crippen molar-refractivity contribution in [3.05, 3.63) is 29.3 Å². The summed E-state index contributed by atoms with van der Waals surface area (Å²) in [6.07, 6.45) is -3.56. The lowest BCUT2D eigenvalue weighted by atomic mass is 10.1. The van der Waals surface area contributed by atoms with Crippen LogP contribution in [-0.2, 0) is 12.6 Å². The molecule has 1 aliphatic rings. The van der Waals surface area contributed by atoms with Crippen LogP contribution in [0.5, 0.6) is 0 Å². The molecule has 2 N–H and O–H groups in total. The van der Waals surface area contributed by atoms with Crippen LogP contribution in [0.1, 0.15) is 11.1 Å². The Morgan fingerprint density at radius 2 is 2.12 bits per heavy atom. The van der Waals surface area contributed by atoms with Crippen LogP contribution in [0, 0.1) is 0 Å². The second kappa shape index (κ2) is 3.66. The Labute approximate surface area is 91.8 Å². The summed E-state index contributed by atoms with van der Waals surface area (Å²) in [4.78, 5) is 1.82. The predicted molar refractivity (Wildman–Crippen MR) is 56.4 cm³/mol. The highest BCUT2D eigenvalue weighted by Crippen LogP contribution is 2.37. The lowest BCUT2D eigenvalue weighted by Gasteiger charge is -2.21. The van der Waals surface area contributed by atoms with E-state index in [1.165, 1.54) is 6.07 Å². The van der Waals surface area contributed by atoms with Gasteiger partial charge in [0.05, 0.1) is 5.56 Å². The van der Waals surface area contributed by atoms with Crippen molar-refractivity contribution >= 4 is 5.69 Å². The second-order valence-electron chi connectivity index (χ2n) is 4.05. The van der Waals surface area contributed by atoms with E-state index < -0.39 is 11.7 Å². The van der Waals surface area contributed by atoms with E-state index >= 15 is 0 Å². The van der Waals surface area contributed by atoms with Gasteiger partial charge in [-0.15, -0.1) is 0 Å². The molecule has 88 valence electrons. The summed E-state index contributed by atoms with van der Waals surface area (Å²) in [5.41, 5.74) is 6.54. The van der Waals surface area contributed by atoms with Gasteiger partial charge in [-0.05, 0) is 24.1 Å². The largest absolute Gasteiger partial charge is 0.416 e. The van der Waals surface area contributed by atoms with Gasteiger partial charge >= 0.3 is 6.18 Å². The number of likely N-dealkylation sites (N-methyl/N-ethyl adjacent to an activating group) is 1. The quantitative estimate of drug-likeness (QED) is 0.799. The van der Waals surface area contributed by atoms with Gasteiger partial charge in [0.25, 0.3) is 0 Å². The van der Waals surface area contributed by atoms with Gasteiger partial charge in [0.15, 0.2) is 0 Å². The molecule has 2 nitrogen and oxygen atoms in total. The molecule has 0 fully saturated rings. The average molecular weight is 230 g/mol. The number of anilines is 1. The lowest BCUT2D eigenvalue weighted by molar-refractivity contribution is -0.137. The summed E-state index contributed by atoms with van der Waals surface area (Å²) >= 11 is 0. The highest BCUT2D eigenvalue weighted by Gasteiger charge is 2.33. The number of nitrogens with zero attached hydrogens (tertiary/aromatic N) is 1. The SMILES string of the molecule is CN1c2cc(C(F)(F)F)ccc2CC1CN. The molecule has 1 atom stereocenters. The molecule has 1 aromatic carbocycles. The van der Waals surface area contributed by atoms with E-state index in [9.17, 15) is 13.2 Å². The van der Waals surface area contributed by atoms with Crippen molar-refractivity contribution in [2.24, 2.45) is 5.73 Å². The second-order valence-corrected chi connectivity index (χ2v) is 4.05. The zero-order chi connectivity index (χ0) is 11.9. The summed E-state index contributed by atoms with van der Waals surface area (Å²) in [5.74, 6) is 0. The summed E-state index contributed by atoms with van der Waals surface area (Å²) in [6.45, 7) is 0.451. The molecule has 0 amide bonds. The third-order valence-electron chi connectivity index (χ3n) is 3.07. The van der Waals surface area contributed by atoms with E-state index in [2.05, 4.69) is 0 Å². The molecule has 0 aliphatic carbocycles. The molecule has 1 unspecified atom stereocenters. The molecule has 0 aromatic heterocycles. The van der Waals surface area contributed by atoms with Gasteiger partial charge in [0.2, 0.25) is 0 Å². The summed E-state index contributed by atoms with van der Waals surface area (Å²) in [5, 5.41) is 0. The Morgan fingerprint density at radius 1 is 1.44 bits per heavy atom. The van der Waals surface area contributed by atoms with Gasteiger partial charge in [0, 0.05) is 25.3 Å². The fourth-order valence-corrected chi connectivity index (χ4v) is 2.07. The van der Waals surface area contributed by atoms with Crippen LogP contribution in [0.2, 0.25) is 0 Å². The number of hydrogen-bond acceptors (Lipinski definition) is 2. The monoisotopic (exact) mass is 230 g/mol. The van der Waals surface area contributed by atoms with Gasteiger partial charge in [-0.25, -0.2) is 0 Å². The van der Waals surface area contributed by atoms with Crippen molar-refractivity contribution in [3.63, 3.8) is 0 Å². The smallest absolute Gasteiger partial charge is 0.370 e. The Balaban J connectivity index is 2.39. The Morgan fingerprint density at radius 3 is 2.69 bits per heavy atom. The molecular weight excluding hydrogens is 217 g/mol. The molecule has 2 rings (SSSR count). The molecule has 1 aromatic rings. The van der Waals surface area contributed by atoms with Crippen LogP contribution in [-0.4, -0.2) is 19.6 Å². The van der Waals surface area contributed by atoms with Crippen molar-refractivity contribution in [2.75, 3.05) is 18.5 Å². The van der Waals surface area contributed by atoms with Crippen molar-refractivity contribution < 1.29 is 13.2 Å². The Bertz CT molecular complexity index is 401. The number of benzene rings is 1. The minimum absolute atomic E-state index is 0.110.